The van der Waals surface area contributed by atoms with Crippen molar-refractivity contribution in [1.82, 2.24) is 0 Å². The van der Waals surface area contributed by atoms with Crippen LogP contribution in [-0.2, 0) is 5.41 Å². The summed E-state index contributed by atoms with van der Waals surface area (Å²) in [5.74, 6) is 0.860. The van der Waals surface area contributed by atoms with Crippen LogP contribution in [0.3, 0.4) is 0 Å². The van der Waals surface area contributed by atoms with Crippen LogP contribution < -0.4 is 9.47 Å². The van der Waals surface area contributed by atoms with Crippen LogP contribution >= 0.6 is 0 Å². The van der Waals surface area contributed by atoms with Crippen molar-refractivity contribution in [2.24, 2.45) is 0 Å². The van der Waals surface area contributed by atoms with Gasteiger partial charge in [-0.15, -0.1) is 0 Å². The quantitative estimate of drug-likeness (QED) is 0.175. The molecule has 0 saturated heterocycles. The minimum atomic E-state index is -0.597. The van der Waals surface area contributed by atoms with Crippen LogP contribution in [0.15, 0.2) is 84.9 Å². The molecule has 10 nitrogen and oxygen atoms in total. The summed E-state index contributed by atoms with van der Waals surface area (Å²) in [6, 6.07) is 26.0. The molecule has 0 atom stereocenters. The lowest BCUT2D eigenvalue weighted by Gasteiger charge is -2.26. The average molecular weight is 521 g/mol. The Hall–Kier alpha value is -5.74. The summed E-state index contributed by atoms with van der Waals surface area (Å²) in [7, 11) is 0. The van der Waals surface area contributed by atoms with Gasteiger partial charge in [0, 0.05) is 17.5 Å². The highest BCUT2D eigenvalue weighted by Gasteiger charge is 2.24. The maximum absolute atomic E-state index is 11.4. The molecule has 0 aromatic heterocycles. The van der Waals surface area contributed by atoms with E-state index in [2.05, 4.69) is 0 Å². The van der Waals surface area contributed by atoms with Crippen molar-refractivity contribution in [3.8, 4) is 35.1 Å². The number of rotatable bonds is 8. The zero-order valence-electron chi connectivity index (χ0n) is 20.8. The van der Waals surface area contributed by atoms with Crippen LogP contribution in [0.1, 0.15) is 36.1 Å². The Morgan fingerprint density at radius 3 is 1.31 bits per heavy atom. The summed E-state index contributed by atoms with van der Waals surface area (Å²) < 4.78 is 11.4. The molecule has 0 aliphatic carbocycles. The predicted octanol–water partition coefficient (Wildman–Crippen LogP) is 7.16. The maximum atomic E-state index is 11.4. The van der Waals surface area contributed by atoms with Crippen LogP contribution in [0.2, 0.25) is 0 Å². The van der Waals surface area contributed by atoms with Crippen molar-refractivity contribution in [2.45, 2.75) is 19.3 Å². The Bertz CT molecular complexity index is 1530. The van der Waals surface area contributed by atoms with E-state index in [1.165, 1.54) is 36.4 Å². The van der Waals surface area contributed by atoms with Crippen molar-refractivity contribution < 1.29 is 19.3 Å². The zero-order chi connectivity index (χ0) is 28.2. The molecule has 4 rings (SSSR count). The largest absolute Gasteiger partial charge is 0.450 e. The number of nitriles is 2. The molecular weight excluding hydrogens is 500 g/mol. The molecule has 0 aliphatic rings. The lowest BCUT2D eigenvalue weighted by molar-refractivity contribution is -0.385. The second kappa shape index (κ2) is 10.7. The summed E-state index contributed by atoms with van der Waals surface area (Å²) in [6.07, 6.45) is 0. The van der Waals surface area contributed by atoms with Gasteiger partial charge in [0.1, 0.15) is 11.5 Å². The molecule has 4 aromatic rings. The molecule has 0 spiro atoms. The first-order valence-corrected chi connectivity index (χ1v) is 11.6. The van der Waals surface area contributed by atoms with Gasteiger partial charge in [0.05, 0.1) is 33.1 Å². The highest BCUT2D eigenvalue weighted by molar-refractivity contribution is 5.55. The number of ether oxygens (including phenoxy) is 2. The first-order valence-electron chi connectivity index (χ1n) is 11.6. The van der Waals surface area contributed by atoms with E-state index in [-0.39, 0.29) is 34.0 Å². The average Bonchev–Trinajstić information content (AvgIpc) is 2.94. The molecule has 4 aromatic carbocycles. The Morgan fingerprint density at radius 2 is 1.00 bits per heavy atom. The number of hydrogen-bond donors (Lipinski definition) is 0. The van der Waals surface area contributed by atoms with Gasteiger partial charge in [-0.3, -0.25) is 20.2 Å². The van der Waals surface area contributed by atoms with E-state index in [1.807, 2.05) is 50.3 Å². The van der Waals surface area contributed by atoms with Gasteiger partial charge in [-0.05, 0) is 59.7 Å². The highest BCUT2D eigenvalue weighted by Crippen LogP contribution is 2.37. The van der Waals surface area contributed by atoms with Crippen LogP contribution in [0.4, 0.5) is 11.4 Å². The fraction of sp³-hybridized carbons (Fsp3) is 0.103. The molecule has 10 heteroatoms. The second-order valence-electron chi connectivity index (χ2n) is 8.98. The lowest BCUT2D eigenvalue weighted by atomic mass is 9.78. The van der Waals surface area contributed by atoms with Crippen LogP contribution in [-0.4, -0.2) is 9.85 Å². The van der Waals surface area contributed by atoms with Crippen molar-refractivity contribution in [1.29, 1.82) is 10.5 Å². The van der Waals surface area contributed by atoms with Gasteiger partial charge in [0.15, 0.2) is 0 Å². The van der Waals surface area contributed by atoms with Crippen LogP contribution in [0.25, 0.3) is 0 Å². The van der Waals surface area contributed by atoms with Crippen molar-refractivity contribution >= 4 is 11.4 Å². The minimum Gasteiger partial charge on any atom is -0.450 e. The van der Waals surface area contributed by atoms with E-state index in [1.54, 1.807) is 24.3 Å². The fourth-order valence-electron chi connectivity index (χ4n) is 3.93. The van der Waals surface area contributed by atoms with E-state index in [9.17, 15) is 20.2 Å². The zero-order valence-corrected chi connectivity index (χ0v) is 20.8. The lowest BCUT2D eigenvalue weighted by Crippen LogP contribution is -2.18. The third kappa shape index (κ3) is 5.66. The number of nitro groups is 2. The maximum Gasteiger partial charge on any atom is 0.312 e. The van der Waals surface area contributed by atoms with Gasteiger partial charge < -0.3 is 9.47 Å². The third-order valence-electron chi connectivity index (χ3n) is 6.18. The third-order valence-corrected chi connectivity index (χ3v) is 6.18. The number of benzene rings is 4. The van der Waals surface area contributed by atoms with E-state index in [0.29, 0.717) is 11.5 Å². The molecule has 0 fully saturated rings. The molecule has 0 amide bonds. The van der Waals surface area contributed by atoms with Gasteiger partial charge in [-0.2, -0.15) is 10.5 Å². The molecule has 0 unspecified atom stereocenters. The summed E-state index contributed by atoms with van der Waals surface area (Å²) in [6.45, 7) is 4.05. The minimum absolute atomic E-state index is 0.0316. The summed E-state index contributed by atoms with van der Waals surface area (Å²) in [5.41, 5.74) is 1.17. The Morgan fingerprint density at radius 1 is 0.641 bits per heavy atom. The molecule has 192 valence electrons. The van der Waals surface area contributed by atoms with Crippen molar-refractivity contribution in [3.63, 3.8) is 0 Å². The molecule has 0 radical (unpaired) electrons. The van der Waals surface area contributed by atoms with Gasteiger partial charge >= 0.3 is 11.4 Å². The first kappa shape index (κ1) is 26.3. The van der Waals surface area contributed by atoms with Gasteiger partial charge in [0.25, 0.3) is 0 Å². The standard InChI is InChI=1S/C29H20N4O6/c1-29(2,21-5-9-23(10-6-21)38-27-13-3-19(17-30)15-25(27)32(34)35)22-7-11-24(12-8-22)39-28-14-4-20(18-31)16-26(28)33(36)37/h3-16H,1-2H3. The summed E-state index contributed by atoms with van der Waals surface area (Å²) >= 11 is 0. The van der Waals surface area contributed by atoms with Gasteiger partial charge in [-0.1, -0.05) is 38.1 Å². The second-order valence-corrected chi connectivity index (χ2v) is 8.98. The molecule has 0 N–H and O–H groups in total. The molecular formula is C29H20N4O6. The molecule has 0 saturated carbocycles. The Balaban J connectivity index is 1.52. The predicted molar refractivity (Wildman–Crippen MR) is 141 cm³/mol. The number of hydrogen-bond acceptors (Lipinski definition) is 8. The number of nitrogens with zero attached hydrogens (tertiary/aromatic N) is 4. The number of nitro benzene ring substituents is 2. The smallest absolute Gasteiger partial charge is 0.312 e. The summed E-state index contributed by atoms with van der Waals surface area (Å²) in [5, 5.41) is 40.8. The highest BCUT2D eigenvalue weighted by atomic mass is 16.6. The summed E-state index contributed by atoms with van der Waals surface area (Å²) in [4.78, 5) is 21.6. The van der Waals surface area contributed by atoms with Gasteiger partial charge in [-0.25, -0.2) is 0 Å². The topological polar surface area (TPSA) is 152 Å². The molecule has 0 aliphatic heterocycles. The fourth-order valence-corrected chi connectivity index (χ4v) is 3.93. The van der Waals surface area contributed by atoms with Crippen molar-refractivity contribution in [3.05, 3.63) is 127 Å². The molecule has 0 heterocycles. The van der Waals surface area contributed by atoms with E-state index >= 15 is 0 Å². The SMILES string of the molecule is CC(C)(c1ccc(Oc2ccc(C#N)cc2[N+](=O)[O-])cc1)c1ccc(Oc2ccc(C#N)cc2[N+](=O)[O-])cc1. The van der Waals surface area contributed by atoms with E-state index in [4.69, 9.17) is 20.0 Å². The first-order chi connectivity index (χ1) is 18.6. The normalized spacial score (nSPS) is 10.7. The monoisotopic (exact) mass is 520 g/mol. The van der Waals surface area contributed by atoms with E-state index < -0.39 is 15.3 Å². The Labute approximate surface area is 223 Å². The molecule has 39 heavy (non-hydrogen) atoms. The van der Waals surface area contributed by atoms with Crippen LogP contribution in [0.5, 0.6) is 23.0 Å². The van der Waals surface area contributed by atoms with Crippen LogP contribution in [0, 0.1) is 42.9 Å². The Kier molecular flexibility index (Phi) is 7.23. The van der Waals surface area contributed by atoms with E-state index in [0.717, 1.165) is 11.1 Å². The van der Waals surface area contributed by atoms with Gasteiger partial charge in [0.2, 0.25) is 11.5 Å². The van der Waals surface area contributed by atoms with Crippen molar-refractivity contribution in [2.75, 3.05) is 0 Å². The molecule has 0 bridgehead atoms.